The molecule has 2 saturated heterocycles. The summed E-state index contributed by atoms with van der Waals surface area (Å²) in [4.78, 5) is 11.8. The van der Waals surface area contributed by atoms with Crippen molar-refractivity contribution >= 4 is 5.91 Å². The molecule has 98 valence electrons. The summed E-state index contributed by atoms with van der Waals surface area (Å²) in [5, 5.41) is 2.91. The Kier molecular flexibility index (Phi) is 4.01. The average Bonchev–Trinajstić information content (AvgIpc) is 2.67. The fourth-order valence-corrected chi connectivity index (χ4v) is 2.17. The van der Waals surface area contributed by atoms with Crippen molar-refractivity contribution in [2.75, 3.05) is 26.4 Å². The highest BCUT2D eigenvalue weighted by atomic mass is 16.7. The molecule has 2 aliphatic rings. The van der Waals surface area contributed by atoms with Crippen molar-refractivity contribution in [3.63, 3.8) is 0 Å². The van der Waals surface area contributed by atoms with Crippen LogP contribution in [0.3, 0.4) is 0 Å². The maximum Gasteiger partial charge on any atom is 0.225 e. The Hall–Kier alpha value is -0.650. The summed E-state index contributed by atoms with van der Waals surface area (Å²) in [6.07, 6.45) is 1.84. The van der Waals surface area contributed by atoms with Gasteiger partial charge < -0.3 is 19.5 Å². The number of hydrogen-bond acceptors (Lipinski definition) is 4. The number of hydrogen-bond donors (Lipinski definition) is 1. The van der Waals surface area contributed by atoms with E-state index in [1.54, 1.807) is 0 Å². The lowest BCUT2D eigenvalue weighted by Gasteiger charge is -2.22. The summed E-state index contributed by atoms with van der Waals surface area (Å²) in [5.74, 6) is -0.458. The van der Waals surface area contributed by atoms with E-state index in [-0.39, 0.29) is 17.9 Å². The molecule has 0 aromatic heterocycles. The second kappa shape index (κ2) is 5.33. The van der Waals surface area contributed by atoms with Gasteiger partial charge >= 0.3 is 0 Å². The van der Waals surface area contributed by atoms with Gasteiger partial charge in [-0.05, 0) is 26.7 Å². The molecule has 5 nitrogen and oxygen atoms in total. The van der Waals surface area contributed by atoms with Crippen molar-refractivity contribution in [1.82, 2.24) is 5.32 Å². The summed E-state index contributed by atoms with van der Waals surface area (Å²) in [5.41, 5.74) is 0. The lowest BCUT2D eigenvalue weighted by molar-refractivity contribution is -0.140. The Morgan fingerprint density at radius 3 is 2.82 bits per heavy atom. The third-order valence-electron chi connectivity index (χ3n) is 3.10. The number of carbonyl (C=O) groups excluding carboxylic acids is 1. The van der Waals surface area contributed by atoms with Gasteiger partial charge in [0.2, 0.25) is 5.91 Å². The summed E-state index contributed by atoms with van der Waals surface area (Å²) in [6.45, 7) is 6.12. The Bertz CT molecular complexity index is 274. The van der Waals surface area contributed by atoms with E-state index in [0.29, 0.717) is 19.8 Å². The van der Waals surface area contributed by atoms with Crippen LogP contribution in [0.2, 0.25) is 0 Å². The topological polar surface area (TPSA) is 56.8 Å². The number of carbonyl (C=O) groups is 1. The second-order valence-electron chi connectivity index (χ2n) is 5.11. The van der Waals surface area contributed by atoms with Gasteiger partial charge in [-0.3, -0.25) is 4.79 Å². The molecule has 2 unspecified atom stereocenters. The normalized spacial score (nSPS) is 32.4. The van der Waals surface area contributed by atoms with E-state index < -0.39 is 5.79 Å². The molecule has 1 N–H and O–H groups in total. The highest BCUT2D eigenvalue weighted by Gasteiger charge is 2.33. The maximum absolute atomic E-state index is 11.8. The molecular formula is C12H21NO4. The molecule has 0 aromatic carbocycles. The van der Waals surface area contributed by atoms with E-state index in [0.717, 1.165) is 19.4 Å². The molecule has 0 saturated carbocycles. The van der Waals surface area contributed by atoms with Crippen LogP contribution in [-0.2, 0) is 19.0 Å². The van der Waals surface area contributed by atoms with Crippen LogP contribution in [0.25, 0.3) is 0 Å². The second-order valence-corrected chi connectivity index (χ2v) is 5.11. The molecule has 2 heterocycles. The average molecular weight is 243 g/mol. The van der Waals surface area contributed by atoms with Crippen LogP contribution < -0.4 is 5.32 Å². The molecule has 0 bridgehead atoms. The van der Waals surface area contributed by atoms with Gasteiger partial charge in [0.25, 0.3) is 0 Å². The molecule has 17 heavy (non-hydrogen) atoms. The SMILES string of the molecule is CC1(C)OCC(CNC(=O)C2CCCOC2)O1. The van der Waals surface area contributed by atoms with Gasteiger partial charge in [-0.1, -0.05) is 0 Å². The highest BCUT2D eigenvalue weighted by Crippen LogP contribution is 2.22. The molecule has 2 fully saturated rings. The predicted molar refractivity (Wildman–Crippen MR) is 61.5 cm³/mol. The first-order valence-corrected chi connectivity index (χ1v) is 6.24. The van der Waals surface area contributed by atoms with Crippen LogP contribution in [-0.4, -0.2) is 44.2 Å². The zero-order valence-corrected chi connectivity index (χ0v) is 10.5. The smallest absolute Gasteiger partial charge is 0.225 e. The number of amides is 1. The molecule has 2 rings (SSSR count). The number of nitrogens with one attached hydrogen (secondary N) is 1. The first kappa shape index (κ1) is 12.8. The quantitative estimate of drug-likeness (QED) is 0.792. The van der Waals surface area contributed by atoms with Crippen LogP contribution in [0.15, 0.2) is 0 Å². The third kappa shape index (κ3) is 3.66. The van der Waals surface area contributed by atoms with E-state index in [1.807, 2.05) is 13.8 Å². The van der Waals surface area contributed by atoms with Crippen molar-refractivity contribution < 1.29 is 19.0 Å². The minimum Gasteiger partial charge on any atom is -0.381 e. The van der Waals surface area contributed by atoms with Crippen LogP contribution in [0.1, 0.15) is 26.7 Å². The lowest BCUT2D eigenvalue weighted by atomic mass is 10.0. The van der Waals surface area contributed by atoms with Gasteiger partial charge in [0.1, 0.15) is 6.10 Å². The van der Waals surface area contributed by atoms with Gasteiger partial charge in [0.15, 0.2) is 5.79 Å². The zero-order valence-electron chi connectivity index (χ0n) is 10.5. The first-order valence-electron chi connectivity index (χ1n) is 6.24. The molecule has 0 spiro atoms. The van der Waals surface area contributed by atoms with E-state index in [4.69, 9.17) is 14.2 Å². The Morgan fingerprint density at radius 2 is 2.24 bits per heavy atom. The summed E-state index contributed by atoms with van der Waals surface area (Å²) in [7, 11) is 0. The minimum absolute atomic E-state index is 0.000850. The van der Waals surface area contributed by atoms with Gasteiger partial charge in [-0.2, -0.15) is 0 Å². The van der Waals surface area contributed by atoms with Gasteiger partial charge in [0, 0.05) is 13.2 Å². The van der Waals surface area contributed by atoms with Crippen LogP contribution in [0.5, 0.6) is 0 Å². The van der Waals surface area contributed by atoms with Crippen molar-refractivity contribution in [2.45, 2.75) is 38.6 Å². The molecule has 5 heteroatoms. The van der Waals surface area contributed by atoms with E-state index in [9.17, 15) is 4.79 Å². The number of ether oxygens (including phenoxy) is 3. The Labute approximate surface area is 102 Å². The molecule has 2 aliphatic heterocycles. The van der Waals surface area contributed by atoms with Crippen molar-refractivity contribution in [2.24, 2.45) is 5.92 Å². The largest absolute Gasteiger partial charge is 0.381 e. The standard InChI is InChI=1S/C12H21NO4/c1-12(2)16-8-10(17-12)6-13-11(14)9-4-3-5-15-7-9/h9-10H,3-8H2,1-2H3,(H,13,14). The summed E-state index contributed by atoms with van der Waals surface area (Å²) >= 11 is 0. The van der Waals surface area contributed by atoms with Crippen LogP contribution >= 0.6 is 0 Å². The zero-order chi connectivity index (χ0) is 12.3. The van der Waals surface area contributed by atoms with E-state index in [1.165, 1.54) is 0 Å². The summed E-state index contributed by atoms with van der Waals surface area (Å²) in [6, 6.07) is 0. The predicted octanol–water partition coefficient (Wildman–Crippen LogP) is 0.681. The van der Waals surface area contributed by atoms with Crippen molar-refractivity contribution in [3.8, 4) is 0 Å². The van der Waals surface area contributed by atoms with Crippen LogP contribution in [0.4, 0.5) is 0 Å². The minimum atomic E-state index is -0.524. The van der Waals surface area contributed by atoms with Gasteiger partial charge in [-0.15, -0.1) is 0 Å². The molecule has 1 amide bonds. The fraction of sp³-hybridized carbons (Fsp3) is 0.917. The lowest BCUT2D eigenvalue weighted by Crippen LogP contribution is -2.40. The van der Waals surface area contributed by atoms with E-state index in [2.05, 4.69) is 5.32 Å². The fourth-order valence-electron chi connectivity index (χ4n) is 2.17. The van der Waals surface area contributed by atoms with Gasteiger partial charge in [0.05, 0.1) is 19.1 Å². The van der Waals surface area contributed by atoms with Crippen molar-refractivity contribution in [1.29, 1.82) is 0 Å². The molecule has 0 aromatic rings. The van der Waals surface area contributed by atoms with Crippen LogP contribution in [0, 0.1) is 5.92 Å². The molecular weight excluding hydrogens is 222 g/mol. The van der Waals surface area contributed by atoms with E-state index >= 15 is 0 Å². The Balaban J connectivity index is 1.69. The molecule has 0 radical (unpaired) electrons. The monoisotopic (exact) mass is 243 g/mol. The number of rotatable bonds is 3. The summed E-state index contributed by atoms with van der Waals surface area (Å²) < 4.78 is 16.3. The maximum atomic E-state index is 11.8. The third-order valence-corrected chi connectivity index (χ3v) is 3.10. The Morgan fingerprint density at radius 1 is 1.41 bits per heavy atom. The molecule has 0 aliphatic carbocycles. The first-order chi connectivity index (χ1) is 8.07. The molecule has 2 atom stereocenters. The highest BCUT2D eigenvalue weighted by molar-refractivity contribution is 5.78. The van der Waals surface area contributed by atoms with Crippen molar-refractivity contribution in [3.05, 3.63) is 0 Å². The van der Waals surface area contributed by atoms with Gasteiger partial charge in [-0.25, -0.2) is 0 Å².